The number of benzene rings is 1. The zero-order valence-corrected chi connectivity index (χ0v) is 15.9. The molecule has 2 fully saturated rings. The summed E-state index contributed by atoms with van der Waals surface area (Å²) in [7, 11) is -0.165. The molecule has 4 heteroatoms. The largest absolute Gasteiger partial charge is 0.462 e. The minimum atomic E-state index is -0.269. The summed E-state index contributed by atoms with van der Waals surface area (Å²) in [6, 6.07) is 11.2. The van der Waals surface area contributed by atoms with Gasteiger partial charge in [-0.25, -0.2) is 0 Å². The molecule has 0 amide bonds. The van der Waals surface area contributed by atoms with Crippen LogP contribution >= 0.6 is 0 Å². The second kappa shape index (κ2) is 6.82. The lowest BCUT2D eigenvalue weighted by molar-refractivity contribution is 0.00578. The molecule has 24 heavy (non-hydrogen) atoms. The lowest BCUT2D eigenvalue weighted by Gasteiger charge is -2.39. The van der Waals surface area contributed by atoms with Crippen LogP contribution in [0.15, 0.2) is 30.3 Å². The van der Waals surface area contributed by atoms with Gasteiger partial charge in [0.2, 0.25) is 0 Å². The van der Waals surface area contributed by atoms with Crippen molar-refractivity contribution in [2.24, 2.45) is 0 Å². The average molecular weight is 329 g/mol. The Morgan fingerprint density at radius 2 is 1.46 bits per heavy atom. The van der Waals surface area contributed by atoms with Crippen LogP contribution in [-0.4, -0.2) is 36.3 Å². The lowest BCUT2D eigenvalue weighted by Crippen LogP contribution is -2.41. The maximum Gasteiger partial charge on any atom is 0.462 e. The van der Waals surface area contributed by atoms with Crippen molar-refractivity contribution in [2.75, 3.05) is 13.1 Å². The van der Waals surface area contributed by atoms with E-state index in [2.05, 4.69) is 69.9 Å². The molecule has 1 aromatic carbocycles. The van der Waals surface area contributed by atoms with Crippen molar-refractivity contribution in [1.29, 1.82) is 0 Å². The molecule has 2 atom stereocenters. The standard InChI is InChI=1S/C20H32BNO2/c1-16(21-23-19(2,3)20(4,5)24-21)18(17-12-8-6-9-13-17)22-14-10-7-11-15-22/h6,8-9,12-13,16,18H,7,10-11,14-15H2,1-5H3/t16-,18-/m1/s1. The summed E-state index contributed by atoms with van der Waals surface area (Å²) < 4.78 is 12.7. The Kier molecular flexibility index (Phi) is 5.10. The molecule has 2 aliphatic rings. The predicted octanol–water partition coefficient (Wildman–Crippen LogP) is 4.70. The van der Waals surface area contributed by atoms with Crippen LogP contribution in [0.2, 0.25) is 5.82 Å². The summed E-state index contributed by atoms with van der Waals surface area (Å²) in [5.41, 5.74) is 0.839. The summed E-state index contributed by atoms with van der Waals surface area (Å²) in [6.07, 6.45) is 3.93. The van der Waals surface area contributed by atoms with Crippen LogP contribution in [0.4, 0.5) is 0 Å². The molecular formula is C20H32BNO2. The first kappa shape index (κ1) is 18.0. The van der Waals surface area contributed by atoms with Crippen molar-refractivity contribution >= 4 is 7.12 Å². The van der Waals surface area contributed by atoms with E-state index < -0.39 is 0 Å². The molecule has 132 valence electrons. The molecule has 2 saturated heterocycles. The highest BCUT2D eigenvalue weighted by Gasteiger charge is 2.54. The Morgan fingerprint density at radius 1 is 0.917 bits per heavy atom. The Morgan fingerprint density at radius 3 is 2.00 bits per heavy atom. The fourth-order valence-electron chi connectivity index (χ4n) is 3.95. The number of hydrogen-bond donors (Lipinski definition) is 0. The third kappa shape index (κ3) is 3.42. The van der Waals surface area contributed by atoms with Crippen LogP contribution in [0.5, 0.6) is 0 Å². The third-order valence-corrected chi connectivity index (χ3v) is 6.12. The van der Waals surface area contributed by atoms with Crippen molar-refractivity contribution in [3.05, 3.63) is 35.9 Å². The van der Waals surface area contributed by atoms with E-state index in [0.29, 0.717) is 6.04 Å². The quantitative estimate of drug-likeness (QED) is 0.748. The first-order chi connectivity index (χ1) is 11.3. The zero-order valence-electron chi connectivity index (χ0n) is 15.9. The van der Waals surface area contributed by atoms with Crippen LogP contribution in [-0.2, 0) is 9.31 Å². The van der Waals surface area contributed by atoms with Gasteiger partial charge < -0.3 is 9.31 Å². The fourth-order valence-corrected chi connectivity index (χ4v) is 3.95. The van der Waals surface area contributed by atoms with Crippen LogP contribution in [0.25, 0.3) is 0 Å². The summed E-state index contributed by atoms with van der Waals surface area (Å²) in [6.45, 7) is 13.2. The summed E-state index contributed by atoms with van der Waals surface area (Å²) in [5.74, 6) is 0.284. The van der Waals surface area contributed by atoms with Crippen LogP contribution in [0.3, 0.4) is 0 Å². The van der Waals surface area contributed by atoms with Crippen LogP contribution in [0, 0.1) is 0 Å². The Hall–Kier alpha value is -0.835. The van der Waals surface area contributed by atoms with Crippen LogP contribution < -0.4 is 0 Å². The zero-order chi connectivity index (χ0) is 17.4. The van der Waals surface area contributed by atoms with Gasteiger partial charge in [-0.2, -0.15) is 0 Å². The van der Waals surface area contributed by atoms with Gasteiger partial charge in [-0.3, -0.25) is 4.90 Å². The van der Waals surface area contributed by atoms with Crippen molar-refractivity contribution in [1.82, 2.24) is 4.90 Å². The molecule has 0 N–H and O–H groups in total. The molecule has 0 aromatic heterocycles. The van der Waals surface area contributed by atoms with Gasteiger partial charge in [0.1, 0.15) is 0 Å². The summed E-state index contributed by atoms with van der Waals surface area (Å²) in [5, 5.41) is 0. The molecule has 0 unspecified atom stereocenters. The van der Waals surface area contributed by atoms with E-state index in [0.717, 1.165) is 0 Å². The molecule has 0 spiro atoms. The van der Waals surface area contributed by atoms with Crippen LogP contribution in [0.1, 0.15) is 65.5 Å². The maximum absolute atomic E-state index is 6.37. The number of piperidine rings is 1. The van der Waals surface area contributed by atoms with E-state index in [1.54, 1.807) is 0 Å². The monoisotopic (exact) mass is 329 g/mol. The Balaban J connectivity index is 1.85. The van der Waals surface area contributed by atoms with Crippen molar-refractivity contribution < 1.29 is 9.31 Å². The minimum absolute atomic E-state index is 0.165. The Bertz CT molecular complexity index is 524. The molecule has 0 saturated carbocycles. The highest BCUT2D eigenvalue weighted by Crippen LogP contribution is 2.45. The van der Waals surface area contributed by atoms with Gasteiger partial charge in [-0.15, -0.1) is 0 Å². The Labute approximate surface area is 147 Å². The minimum Gasteiger partial charge on any atom is -0.403 e. The van der Waals surface area contributed by atoms with E-state index >= 15 is 0 Å². The molecule has 2 aliphatic heterocycles. The van der Waals surface area contributed by atoms with Crippen molar-refractivity contribution in [3.8, 4) is 0 Å². The molecule has 3 nitrogen and oxygen atoms in total. The van der Waals surface area contributed by atoms with E-state index in [9.17, 15) is 0 Å². The van der Waals surface area contributed by atoms with Crippen molar-refractivity contribution in [2.45, 2.75) is 76.9 Å². The second-order valence-corrected chi connectivity index (χ2v) is 8.44. The van der Waals surface area contributed by atoms with Gasteiger partial charge in [-0.1, -0.05) is 43.7 Å². The van der Waals surface area contributed by atoms with Gasteiger partial charge in [0.05, 0.1) is 11.2 Å². The molecule has 2 heterocycles. The van der Waals surface area contributed by atoms with Gasteiger partial charge in [-0.05, 0) is 59.2 Å². The number of nitrogens with zero attached hydrogens (tertiary/aromatic N) is 1. The molecule has 0 radical (unpaired) electrons. The van der Waals surface area contributed by atoms with E-state index in [4.69, 9.17) is 9.31 Å². The van der Waals surface area contributed by atoms with Gasteiger partial charge in [0.25, 0.3) is 0 Å². The number of rotatable bonds is 4. The fraction of sp³-hybridized carbons (Fsp3) is 0.700. The average Bonchev–Trinajstić information content (AvgIpc) is 2.78. The highest BCUT2D eigenvalue weighted by atomic mass is 16.7. The van der Waals surface area contributed by atoms with Gasteiger partial charge in [0.15, 0.2) is 0 Å². The lowest BCUT2D eigenvalue weighted by atomic mass is 9.66. The molecule has 0 aliphatic carbocycles. The smallest absolute Gasteiger partial charge is 0.403 e. The second-order valence-electron chi connectivity index (χ2n) is 8.44. The highest BCUT2D eigenvalue weighted by molar-refractivity contribution is 6.47. The number of likely N-dealkylation sites (tertiary alicyclic amines) is 1. The van der Waals surface area contributed by atoms with Gasteiger partial charge in [0, 0.05) is 11.9 Å². The maximum atomic E-state index is 6.37. The summed E-state index contributed by atoms with van der Waals surface area (Å²) >= 11 is 0. The third-order valence-electron chi connectivity index (χ3n) is 6.12. The van der Waals surface area contributed by atoms with Crippen molar-refractivity contribution in [3.63, 3.8) is 0 Å². The SMILES string of the molecule is C[C@@H](B1OC(C)(C)C(C)(C)O1)[C@H](c1ccccc1)N1CCCCC1. The normalized spacial score (nSPS) is 26.3. The molecule has 3 rings (SSSR count). The molecular weight excluding hydrogens is 297 g/mol. The van der Waals surface area contributed by atoms with E-state index in [-0.39, 0.29) is 24.1 Å². The summed E-state index contributed by atoms with van der Waals surface area (Å²) in [4.78, 5) is 2.63. The molecule has 1 aromatic rings. The van der Waals surface area contributed by atoms with Gasteiger partial charge >= 0.3 is 7.12 Å². The molecule has 0 bridgehead atoms. The van der Waals surface area contributed by atoms with E-state index in [1.807, 2.05) is 0 Å². The van der Waals surface area contributed by atoms with E-state index in [1.165, 1.54) is 37.9 Å². The predicted molar refractivity (Wildman–Crippen MR) is 100 cm³/mol. The first-order valence-corrected chi connectivity index (χ1v) is 9.46. The first-order valence-electron chi connectivity index (χ1n) is 9.46. The number of hydrogen-bond acceptors (Lipinski definition) is 3. The topological polar surface area (TPSA) is 21.7 Å².